The van der Waals surface area contributed by atoms with Gasteiger partial charge in [0, 0.05) is 0 Å². The summed E-state index contributed by atoms with van der Waals surface area (Å²) in [4.78, 5) is 11.6. The van der Waals surface area contributed by atoms with Gasteiger partial charge in [0.05, 0.1) is 6.61 Å². The maximum atomic E-state index is 13.7. The van der Waals surface area contributed by atoms with Gasteiger partial charge in [0.25, 0.3) is 0 Å². The molecule has 108 valence electrons. The Morgan fingerprint density at radius 2 is 2.25 bits per heavy atom. The van der Waals surface area contributed by atoms with Crippen LogP contribution in [-0.2, 0) is 4.74 Å². The summed E-state index contributed by atoms with van der Waals surface area (Å²) in [6, 6.07) is 0. The second kappa shape index (κ2) is 4.77. The quantitative estimate of drug-likeness (QED) is 0.649. The van der Waals surface area contributed by atoms with Gasteiger partial charge in [0.1, 0.15) is 24.1 Å². The molecule has 0 unspecified atom stereocenters. The third-order valence-electron chi connectivity index (χ3n) is 3.17. The first-order chi connectivity index (χ1) is 9.52. The van der Waals surface area contributed by atoms with Crippen LogP contribution in [0.3, 0.4) is 0 Å². The van der Waals surface area contributed by atoms with Gasteiger partial charge in [-0.05, 0) is 11.6 Å². The van der Waals surface area contributed by atoms with E-state index >= 15 is 0 Å². The summed E-state index contributed by atoms with van der Waals surface area (Å²) in [5.41, 5.74) is 6.23. The lowest BCUT2D eigenvalue weighted by molar-refractivity contribution is -0.0492. The number of alkyl halides is 1. The van der Waals surface area contributed by atoms with E-state index in [1.807, 2.05) is 0 Å². The molecule has 4 N–H and O–H groups in total. The Morgan fingerprint density at radius 1 is 1.50 bits per heavy atom. The predicted octanol–water partition coefficient (Wildman–Crippen LogP) is -0.349. The molecule has 2 aromatic rings. The van der Waals surface area contributed by atoms with Gasteiger partial charge in [-0.3, -0.25) is 4.57 Å². The van der Waals surface area contributed by atoms with E-state index in [4.69, 9.17) is 27.2 Å². The van der Waals surface area contributed by atoms with Gasteiger partial charge >= 0.3 is 0 Å². The van der Waals surface area contributed by atoms with Crippen LogP contribution in [-0.4, -0.2) is 54.7 Å². The maximum Gasteiger partial charge on any atom is 0.226 e. The van der Waals surface area contributed by atoms with Crippen LogP contribution < -0.4 is 5.73 Å². The smallest absolute Gasteiger partial charge is 0.226 e. The molecule has 20 heavy (non-hydrogen) atoms. The van der Waals surface area contributed by atoms with E-state index in [1.165, 1.54) is 10.9 Å². The highest BCUT2D eigenvalue weighted by Crippen LogP contribution is 2.34. The fourth-order valence-corrected chi connectivity index (χ4v) is 2.39. The Morgan fingerprint density at radius 3 is 2.90 bits per heavy atom. The van der Waals surface area contributed by atoms with E-state index in [0.29, 0.717) is 0 Å². The summed E-state index contributed by atoms with van der Waals surface area (Å²) in [6.45, 7) is -0.542. The van der Waals surface area contributed by atoms with Crippen molar-refractivity contribution in [3.05, 3.63) is 11.6 Å². The number of aliphatic hydroxyl groups excluding tert-OH is 2. The highest BCUT2D eigenvalue weighted by Gasteiger charge is 2.45. The number of hydrogen-bond donors (Lipinski definition) is 3. The average molecular weight is 304 g/mol. The van der Waals surface area contributed by atoms with Crippen molar-refractivity contribution < 1.29 is 19.3 Å². The standard InChI is InChI=1S/C10H11ClFN5O3/c11-10-15-7(13)5-8(16-10)14-2-17(5)9-6(19)4(12)3(1-18)20-9/h2-4,6,9,18-19H,1H2,(H2,13,15,16)/t3-,4-,6-,9-/m1/s1. The van der Waals surface area contributed by atoms with E-state index in [9.17, 15) is 9.50 Å². The SMILES string of the molecule is Nc1nc(Cl)nc2ncn([C@@H]3O[C@H](CO)[C@@H](F)[C@H]3O)c12. The minimum absolute atomic E-state index is 0.0381. The number of aliphatic hydroxyl groups is 2. The van der Waals surface area contributed by atoms with Crippen molar-refractivity contribution >= 4 is 28.6 Å². The second-order valence-electron chi connectivity index (χ2n) is 4.38. The van der Waals surface area contributed by atoms with Gasteiger partial charge in [-0.2, -0.15) is 9.97 Å². The number of imidazole rings is 1. The molecular formula is C10H11ClFN5O3. The molecule has 3 rings (SSSR count). The Kier molecular flexibility index (Phi) is 3.21. The van der Waals surface area contributed by atoms with Gasteiger partial charge in [0.15, 0.2) is 23.9 Å². The van der Waals surface area contributed by atoms with Crippen LogP contribution in [0.1, 0.15) is 6.23 Å². The van der Waals surface area contributed by atoms with E-state index < -0.39 is 31.2 Å². The first-order valence-corrected chi connectivity index (χ1v) is 6.14. The fraction of sp³-hybridized carbons (Fsp3) is 0.500. The van der Waals surface area contributed by atoms with Gasteiger partial charge in [-0.25, -0.2) is 9.37 Å². The number of nitrogens with two attached hydrogens (primary N) is 1. The zero-order valence-corrected chi connectivity index (χ0v) is 10.8. The van der Waals surface area contributed by atoms with Crippen molar-refractivity contribution in [1.82, 2.24) is 19.5 Å². The van der Waals surface area contributed by atoms with Crippen molar-refractivity contribution in [2.75, 3.05) is 12.3 Å². The minimum Gasteiger partial charge on any atom is -0.394 e. The van der Waals surface area contributed by atoms with Crippen molar-refractivity contribution in [2.45, 2.75) is 24.6 Å². The fourth-order valence-electron chi connectivity index (χ4n) is 2.22. The van der Waals surface area contributed by atoms with E-state index in [2.05, 4.69) is 15.0 Å². The molecule has 0 aliphatic carbocycles. The molecule has 1 fully saturated rings. The zero-order valence-electron chi connectivity index (χ0n) is 10.0. The molecule has 0 bridgehead atoms. The molecule has 3 heterocycles. The van der Waals surface area contributed by atoms with Gasteiger partial charge in [0.2, 0.25) is 5.28 Å². The Hall–Kier alpha value is -1.55. The van der Waals surface area contributed by atoms with Gasteiger partial charge < -0.3 is 20.7 Å². The number of rotatable bonds is 2. The Bertz CT molecular complexity index is 653. The summed E-state index contributed by atoms with van der Waals surface area (Å²) < 4.78 is 20.3. The third-order valence-corrected chi connectivity index (χ3v) is 3.34. The molecule has 10 heteroatoms. The van der Waals surface area contributed by atoms with Crippen LogP contribution in [0.2, 0.25) is 5.28 Å². The summed E-state index contributed by atoms with van der Waals surface area (Å²) in [6.07, 6.45) is -4.05. The summed E-state index contributed by atoms with van der Waals surface area (Å²) in [5.74, 6) is 0.0381. The predicted molar refractivity (Wildman–Crippen MR) is 66.6 cm³/mol. The zero-order chi connectivity index (χ0) is 14.4. The van der Waals surface area contributed by atoms with Crippen LogP contribution in [0.25, 0.3) is 11.2 Å². The molecule has 1 saturated heterocycles. The van der Waals surface area contributed by atoms with Crippen molar-refractivity contribution in [1.29, 1.82) is 0 Å². The van der Waals surface area contributed by atoms with E-state index in [-0.39, 0.29) is 22.3 Å². The summed E-state index contributed by atoms with van der Waals surface area (Å²) in [5, 5.41) is 18.8. The number of fused-ring (bicyclic) bond motifs is 1. The number of nitrogen functional groups attached to an aromatic ring is 1. The van der Waals surface area contributed by atoms with Crippen LogP contribution >= 0.6 is 11.6 Å². The molecule has 0 radical (unpaired) electrons. The number of hydrogen-bond acceptors (Lipinski definition) is 7. The van der Waals surface area contributed by atoms with Crippen molar-refractivity contribution in [3.8, 4) is 0 Å². The molecule has 0 saturated carbocycles. The number of halogens is 2. The Balaban J connectivity index is 2.07. The molecule has 0 aromatic carbocycles. The lowest BCUT2D eigenvalue weighted by atomic mass is 10.1. The Labute approximate surface area is 117 Å². The van der Waals surface area contributed by atoms with Crippen LogP contribution in [0.5, 0.6) is 0 Å². The molecule has 1 aliphatic rings. The first-order valence-electron chi connectivity index (χ1n) is 5.77. The molecule has 1 aliphatic heterocycles. The van der Waals surface area contributed by atoms with Crippen LogP contribution in [0.15, 0.2) is 6.33 Å². The summed E-state index contributed by atoms with van der Waals surface area (Å²) >= 11 is 5.67. The number of nitrogens with zero attached hydrogens (tertiary/aromatic N) is 4. The maximum absolute atomic E-state index is 13.7. The van der Waals surface area contributed by atoms with Crippen LogP contribution in [0, 0.1) is 0 Å². The van der Waals surface area contributed by atoms with Crippen molar-refractivity contribution in [2.24, 2.45) is 0 Å². The highest BCUT2D eigenvalue weighted by atomic mass is 35.5. The van der Waals surface area contributed by atoms with E-state index in [0.717, 1.165) is 0 Å². The van der Waals surface area contributed by atoms with Gasteiger partial charge in [-0.1, -0.05) is 0 Å². The van der Waals surface area contributed by atoms with E-state index in [1.54, 1.807) is 0 Å². The number of aromatic nitrogens is 4. The molecule has 4 atom stereocenters. The monoisotopic (exact) mass is 303 g/mol. The second-order valence-corrected chi connectivity index (χ2v) is 4.72. The molecule has 0 amide bonds. The lowest BCUT2D eigenvalue weighted by Gasteiger charge is -2.16. The third kappa shape index (κ3) is 1.90. The molecule has 0 spiro atoms. The number of anilines is 1. The largest absolute Gasteiger partial charge is 0.394 e. The van der Waals surface area contributed by atoms with Crippen molar-refractivity contribution in [3.63, 3.8) is 0 Å². The summed E-state index contributed by atoms with van der Waals surface area (Å²) in [7, 11) is 0. The minimum atomic E-state index is -1.71. The first kappa shape index (κ1) is 13.4. The molecule has 2 aromatic heterocycles. The average Bonchev–Trinajstić information content (AvgIpc) is 2.93. The molecule has 8 nitrogen and oxygen atoms in total. The molecular weight excluding hydrogens is 293 g/mol. The number of ether oxygens (including phenoxy) is 1. The topological polar surface area (TPSA) is 119 Å². The highest BCUT2D eigenvalue weighted by molar-refractivity contribution is 6.28. The van der Waals surface area contributed by atoms with Crippen LogP contribution in [0.4, 0.5) is 10.2 Å². The van der Waals surface area contributed by atoms with Gasteiger partial charge in [-0.15, -0.1) is 0 Å². The lowest BCUT2D eigenvalue weighted by Crippen LogP contribution is -2.29. The normalized spacial score (nSPS) is 30.2.